The number of unbranched alkanes of at least 4 members (excludes halogenated alkanes) is 4. The monoisotopic (exact) mass is 226 g/mol. The quantitative estimate of drug-likeness (QED) is 0.360. The Kier molecular flexibility index (Phi) is 10.2. The van der Waals surface area contributed by atoms with Crippen LogP contribution in [-0.4, -0.2) is 0 Å². The van der Waals surface area contributed by atoms with Crippen LogP contribution in [0.15, 0.2) is 0 Å². The van der Waals surface area contributed by atoms with Crippen molar-refractivity contribution in [2.24, 2.45) is 5.41 Å². The third-order valence-corrected chi connectivity index (χ3v) is 4.15. The molecule has 0 aliphatic rings. The third kappa shape index (κ3) is 6.55. The predicted octanol–water partition coefficient (Wildman–Crippen LogP) is 6.34. The van der Waals surface area contributed by atoms with Crippen molar-refractivity contribution in [1.29, 1.82) is 0 Å². The Balaban J connectivity index is 4.09. The van der Waals surface area contributed by atoms with E-state index in [-0.39, 0.29) is 0 Å². The zero-order valence-electron chi connectivity index (χ0n) is 12.3. The third-order valence-electron chi connectivity index (χ3n) is 4.15. The van der Waals surface area contributed by atoms with Crippen LogP contribution >= 0.6 is 0 Å². The Morgan fingerprint density at radius 2 is 1.06 bits per heavy atom. The Labute approximate surface area is 104 Å². The molecule has 0 bridgehead atoms. The summed E-state index contributed by atoms with van der Waals surface area (Å²) in [6.45, 7) is 9.38. The predicted molar refractivity (Wildman–Crippen MR) is 75.9 cm³/mol. The Morgan fingerprint density at radius 1 is 0.562 bits per heavy atom. The van der Waals surface area contributed by atoms with Gasteiger partial charge in [-0.2, -0.15) is 0 Å². The first kappa shape index (κ1) is 16.0. The lowest BCUT2D eigenvalue weighted by Crippen LogP contribution is -2.19. The maximum absolute atomic E-state index is 2.41. The van der Waals surface area contributed by atoms with Crippen LogP contribution in [0.4, 0.5) is 0 Å². The van der Waals surface area contributed by atoms with Crippen molar-refractivity contribution >= 4 is 0 Å². The van der Waals surface area contributed by atoms with Crippen LogP contribution in [0, 0.1) is 5.41 Å². The average molecular weight is 226 g/mol. The molecule has 0 unspecified atom stereocenters. The van der Waals surface area contributed by atoms with Gasteiger partial charge in [0.15, 0.2) is 0 Å². The minimum Gasteiger partial charge on any atom is -0.0654 e. The first-order valence-corrected chi connectivity index (χ1v) is 7.74. The molecular formula is C16H34. The lowest BCUT2D eigenvalue weighted by molar-refractivity contribution is 0.192. The van der Waals surface area contributed by atoms with Gasteiger partial charge in [0.2, 0.25) is 0 Å². The van der Waals surface area contributed by atoms with Gasteiger partial charge in [0.25, 0.3) is 0 Å². The molecule has 0 aromatic rings. The summed E-state index contributed by atoms with van der Waals surface area (Å²) in [6.07, 6.45) is 15.7. The van der Waals surface area contributed by atoms with E-state index in [1.807, 2.05) is 0 Å². The Bertz CT molecular complexity index is 127. The Hall–Kier alpha value is 0. The molecule has 0 aliphatic carbocycles. The largest absolute Gasteiger partial charge is 0.0654 e. The van der Waals surface area contributed by atoms with Crippen molar-refractivity contribution in [2.45, 2.75) is 98.3 Å². The van der Waals surface area contributed by atoms with Crippen molar-refractivity contribution in [2.75, 3.05) is 0 Å². The topological polar surface area (TPSA) is 0 Å². The van der Waals surface area contributed by atoms with E-state index >= 15 is 0 Å². The van der Waals surface area contributed by atoms with E-state index in [9.17, 15) is 0 Å². The normalized spacial score (nSPS) is 12.0. The van der Waals surface area contributed by atoms with Crippen LogP contribution in [0.3, 0.4) is 0 Å². The highest BCUT2D eigenvalue weighted by atomic mass is 14.3. The van der Waals surface area contributed by atoms with Crippen LogP contribution in [0.5, 0.6) is 0 Å². The van der Waals surface area contributed by atoms with E-state index in [0.717, 1.165) is 0 Å². The van der Waals surface area contributed by atoms with Gasteiger partial charge in [-0.15, -0.1) is 0 Å². The van der Waals surface area contributed by atoms with Crippen LogP contribution in [0.1, 0.15) is 98.3 Å². The van der Waals surface area contributed by atoms with E-state index < -0.39 is 0 Å². The lowest BCUT2D eigenvalue weighted by atomic mass is 9.73. The molecule has 0 N–H and O–H groups in total. The van der Waals surface area contributed by atoms with Gasteiger partial charge in [0, 0.05) is 0 Å². The molecule has 98 valence electrons. The fraction of sp³-hybridized carbons (Fsp3) is 1.00. The van der Waals surface area contributed by atoms with Crippen molar-refractivity contribution < 1.29 is 0 Å². The summed E-state index contributed by atoms with van der Waals surface area (Å²) in [6, 6.07) is 0. The number of hydrogen-bond acceptors (Lipinski definition) is 0. The molecule has 0 nitrogen and oxygen atoms in total. The molecular weight excluding hydrogens is 192 g/mol. The van der Waals surface area contributed by atoms with Crippen LogP contribution in [-0.2, 0) is 0 Å². The zero-order chi connectivity index (χ0) is 12.3. The summed E-state index contributed by atoms with van der Waals surface area (Å²) in [5.41, 5.74) is 0.694. The highest BCUT2D eigenvalue weighted by Gasteiger charge is 2.25. The lowest BCUT2D eigenvalue weighted by Gasteiger charge is -2.33. The van der Waals surface area contributed by atoms with Gasteiger partial charge in [0.05, 0.1) is 0 Å². The molecule has 0 amide bonds. The smallest absolute Gasteiger partial charge is 0.0300 e. The Morgan fingerprint density at radius 3 is 1.38 bits per heavy atom. The second kappa shape index (κ2) is 10.2. The molecule has 16 heavy (non-hydrogen) atoms. The molecule has 0 fully saturated rings. The molecule has 0 heteroatoms. The van der Waals surface area contributed by atoms with Crippen molar-refractivity contribution in [1.82, 2.24) is 0 Å². The van der Waals surface area contributed by atoms with E-state index in [4.69, 9.17) is 0 Å². The van der Waals surface area contributed by atoms with E-state index in [2.05, 4.69) is 27.7 Å². The molecule has 0 heterocycles. The van der Waals surface area contributed by atoms with E-state index in [1.54, 1.807) is 0 Å². The second-order valence-corrected chi connectivity index (χ2v) is 5.52. The maximum Gasteiger partial charge on any atom is -0.0300 e. The molecule has 0 spiro atoms. The average Bonchev–Trinajstić information content (AvgIpc) is 2.29. The first-order valence-electron chi connectivity index (χ1n) is 7.74. The van der Waals surface area contributed by atoms with Crippen molar-refractivity contribution in [3.8, 4) is 0 Å². The van der Waals surface area contributed by atoms with Crippen LogP contribution in [0.2, 0.25) is 0 Å². The molecule has 0 rings (SSSR count). The first-order chi connectivity index (χ1) is 7.74. The van der Waals surface area contributed by atoms with Gasteiger partial charge < -0.3 is 0 Å². The highest BCUT2D eigenvalue weighted by molar-refractivity contribution is 4.77. The maximum atomic E-state index is 2.41. The van der Waals surface area contributed by atoms with Crippen LogP contribution < -0.4 is 0 Å². The molecule has 0 aromatic carbocycles. The van der Waals surface area contributed by atoms with Gasteiger partial charge in [0.1, 0.15) is 0 Å². The standard InChI is InChI=1S/C16H34/c1-5-9-11-14-16(8-4,13-7-3)15-12-10-6-2/h5-15H2,1-4H3. The molecule has 0 radical (unpaired) electrons. The number of rotatable bonds is 11. The molecule has 0 aromatic heterocycles. The summed E-state index contributed by atoms with van der Waals surface area (Å²) >= 11 is 0. The summed E-state index contributed by atoms with van der Waals surface area (Å²) in [5, 5.41) is 0. The molecule has 0 atom stereocenters. The van der Waals surface area contributed by atoms with Crippen molar-refractivity contribution in [3.05, 3.63) is 0 Å². The van der Waals surface area contributed by atoms with Gasteiger partial charge >= 0.3 is 0 Å². The van der Waals surface area contributed by atoms with E-state index in [1.165, 1.54) is 70.6 Å². The highest BCUT2D eigenvalue weighted by Crippen LogP contribution is 2.39. The second-order valence-electron chi connectivity index (χ2n) is 5.52. The van der Waals surface area contributed by atoms with Gasteiger partial charge in [-0.05, 0) is 24.7 Å². The van der Waals surface area contributed by atoms with Gasteiger partial charge in [-0.3, -0.25) is 0 Å². The van der Waals surface area contributed by atoms with Crippen molar-refractivity contribution in [3.63, 3.8) is 0 Å². The SMILES string of the molecule is CCCCCC(CC)(CCC)CCCCC. The molecule has 0 saturated carbocycles. The molecule has 0 saturated heterocycles. The van der Waals surface area contributed by atoms with Crippen LogP contribution in [0.25, 0.3) is 0 Å². The summed E-state index contributed by atoms with van der Waals surface area (Å²) in [5.74, 6) is 0. The van der Waals surface area contributed by atoms with Gasteiger partial charge in [-0.25, -0.2) is 0 Å². The van der Waals surface area contributed by atoms with Gasteiger partial charge in [-0.1, -0.05) is 79.1 Å². The fourth-order valence-corrected chi connectivity index (χ4v) is 2.94. The summed E-state index contributed by atoms with van der Waals surface area (Å²) in [7, 11) is 0. The van der Waals surface area contributed by atoms with E-state index in [0.29, 0.717) is 5.41 Å². The minimum atomic E-state index is 0.694. The summed E-state index contributed by atoms with van der Waals surface area (Å²) in [4.78, 5) is 0. The number of hydrogen-bond donors (Lipinski definition) is 0. The zero-order valence-corrected chi connectivity index (χ0v) is 12.3. The fourth-order valence-electron chi connectivity index (χ4n) is 2.94. The summed E-state index contributed by atoms with van der Waals surface area (Å²) < 4.78 is 0. The molecule has 0 aliphatic heterocycles. The minimum absolute atomic E-state index is 0.694.